The number of nitrogens with one attached hydrogen (secondary N) is 1. The normalized spacial score (nSPS) is 13.0. The van der Waals surface area contributed by atoms with Crippen molar-refractivity contribution in [1.29, 1.82) is 0 Å². The Morgan fingerprint density at radius 2 is 1.87 bits per heavy atom. The van der Waals surface area contributed by atoms with Crippen LogP contribution in [0.25, 0.3) is 16.9 Å². The quantitative estimate of drug-likeness (QED) is 0.653. The summed E-state index contributed by atoms with van der Waals surface area (Å²) in [6, 6.07) is 13.2. The summed E-state index contributed by atoms with van der Waals surface area (Å²) in [7, 11) is 0. The molecule has 2 heterocycles. The van der Waals surface area contributed by atoms with Crippen molar-refractivity contribution in [2.45, 2.75) is 6.42 Å². The van der Waals surface area contributed by atoms with E-state index in [9.17, 15) is 0 Å². The maximum absolute atomic E-state index is 6.16. The molecule has 0 atom stereocenters. The van der Waals surface area contributed by atoms with E-state index in [2.05, 4.69) is 5.32 Å². The molecule has 0 aliphatic carbocycles. The summed E-state index contributed by atoms with van der Waals surface area (Å²) >= 11 is 18.3. The summed E-state index contributed by atoms with van der Waals surface area (Å²) in [4.78, 5) is 0. The molecule has 6 heteroatoms. The second kappa shape index (κ2) is 5.75. The summed E-state index contributed by atoms with van der Waals surface area (Å²) < 4.78 is 1.89. The molecule has 3 nitrogen and oxygen atoms in total. The van der Waals surface area contributed by atoms with E-state index in [1.54, 1.807) is 6.07 Å². The van der Waals surface area contributed by atoms with Crippen molar-refractivity contribution in [3.8, 4) is 16.9 Å². The van der Waals surface area contributed by atoms with Crippen LogP contribution in [0.3, 0.4) is 0 Å². The van der Waals surface area contributed by atoms with Gasteiger partial charge in [0.2, 0.25) is 0 Å². The lowest BCUT2D eigenvalue weighted by molar-refractivity contribution is 0.882. The van der Waals surface area contributed by atoms with Gasteiger partial charge in [0.05, 0.1) is 21.4 Å². The summed E-state index contributed by atoms with van der Waals surface area (Å²) in [6.07, 6.45) is 0.922. The van der Waals surface area contributed by atoms with Gasteiger partial charge in [0, 0.05) is 22.7 Å². The predicted molar refractivity (Wildman–Crippen MR) is 96.2 cm³/mol. The smallest absolute Gasteiger partial charge is 0.133 e. The first-order valence-corrected chi connectivity index (χ1v) is 8.34. The molecule has 0 fully saturated rings. The van der Waals surface area contributed by atoms with Gasteiger partial charge in [0.25, 0.3) is 0 Å². The first-order valence-electron chi connectivity index (χ1n) is 7.20. The van der Waals surface area contributed by atoms with Crippen molar-refractivity contribution in [3.63, 3.8) is 0 Å². The van der Waals surface area contributed by atoms with Crippen LogP contribution in [0.4, 0.5) is 5.82 Å². The van der Waals surface area contributed by atoms with Gasteiger partial charge < -0.3 is 5.32 Å². The zero-order chi connectivity index (χ0) is 16.0. The number of anilines is 1. The lowest BCUT2D eigenvalue weighted by Crippen LogP contribution is -2.04. The molecule has 1 aliphatic rings. The van der Waals surface area contributed by atoms with Crippen molar-refractivity contribution in [3.05, 3.63) is 63.1 Å². The standard InChI is InChI=1S/C17H12Cl3N3/c18-11-2-1-3-12(9-11)23-17-13(6-7-21-17)16(22-23)10-4-5-14(19)15(20)8-10/h1-5,8-9,21H,6-7H2. The third-order valence-electron chi connectivity index (χ3n) is 3.90. The number of halogens is 3. The molecule has 0 amide bonds. The Labute approximate surface area is 148 Å². The van der Waals surface area contributed by atoms with Crippen LogP contribution in [0.2, 0.25) is 15.1 Å². The second-order valence-electron chi connectivity index (χ2n) is 5.37. The molecule has 0 saturated carbocycles. The number of hydrogen-bond donors (Lipinski definition) is 1. The van der Waals surface area contributed by atoms with Gasteiger partial charge in [0.1, 0.15) is 5.82 Å². The Kier molecular flexibility index (Phi) is 3.72. The summed E-state index contributed by atoms with van der Waals surface area (Å²) in [6.45, 7) is 0.891. The van der Waals surface area contributed by atoms with Gasteiger partial charge in [-0.05, 0) is 36.8 Å². The van der Waals surface area contributed by atoms with Crippen LogP contribution in [-0.2, 0) is 6.42 Å². The van der Waals surface area contributed by atoms with Gasteiger partial charge in [-0.2, -0.15) is 5.10 Å². The molecule has 0 radical (unpaired) electrons. The Bertz CT molecular complexity index is 902. The van der Waals surface area contributed by atoms with Crippen LogP contribution >= 0.6 is 34.8 Å². The van der Waals surface area contributed by atoms with Crippen molar-refractivity contribution in [2.75, 3.05) is 11.9 Å². The van der Waals surface area contributed by atoms with E-state index in [0.717, 1.165) is 35.7 Å². The lowest BCUT2D eigenvalue weighted by Gasteiger charge is -2.06. The zero-order valence-corrected chi connectivity index (χ0v) is 14.3. The fraction of sp³-hybridized carbons (Fsp3) is 0.118. The number of hydrogen-bond acceptors (Lipinski definition) is 2. The molecular formula is C17H12Cl3N3. The Hall–Kier alpha value is -1.68. The van der Waals surface area contributed by atoms with Gasteiger partial charge in [-0.15, -0.1) is 0 Å². The van der Waals surface area contributed by atoms with Gasteiger partial charge in [-0.25, -0.2) is 4.68 Å². The minimum absolute atomic E-state index is 0.529. The Morgan fingerprint density at radius 1 is 1.00 bits per heavy atom. The van der Waals surface area contributed by atoms with Crippen molar-refractivity contribution < 1.29 is 0 Å². The number of nitrogens with zero attached hydrogens (tertiary/aromatic N) is 2. The summed E-state index contributed by atoms with van der Waals surface area (Å²) in [5.74, 6) is 1.01. The van der Waals surface area contributed by atoms with Crippen molar-refractivity contribution in [1.82, 2.24) is 9.78 Å². The second-order valence-corrected chi connectivity index (χ2v) is 6.62. The highest BCUT2D eigenvalue weighted by molar-refractivity contribution is 6.42. The minimum atomic E-state index is 0.529. The topological polar surface area (TPSA) is 29.9 Å². The largest absolute Gasteiger partial charge is 0.369 e. The molecule has 1 aromatic heterocycles. The Balaban J connectivity index is 1.89. The number of fused-ring (bicyclic) bond motifs is 1. The minimum Gasteiger partial charge on any atom is -0.369 e. The summed E-state index contributed by atoms with van der Waals surface area (Å²) in [5.41, 5.74) is 3.99. The molecule has 0 unspecified atom stereocenters. The molecule has 0 bridgehead atoms. The highest BCUT2D eigenvalue weighted by Gasteiger charge is 2.24. The third-order valence-corrected chi connectivity index (χ3v) is 4.87. The van der Waals surface area contributed by atoms with Crippen LogP contribution in [0.1, 0.15) is 5.56 Å². The third kappa shape index (κ3) is 2.59. The first kappa shape index (κ1) is 14.9. The van der Waals surface area contributed by atoms with E-state index < -0.39 is 0 Å². The molecule has 23 heavy (non-hydrogen) atoms. The molecule has 3 aromatic rings. The van der Waals surface area contributed by atoms with E-state index in [-0.39, 0.29) is 0 Å². The van der Waals surface area contributed by atoms with E-state index in [1.165, 1.54) is 5.56 Å². The highest BCUT2D eigenvalue weighted by atomic mass is 35.5. The molecular weight excluding hydrogens is 353 g/mol. The zero-order valence-electron chi connectivity index (χ0n) is 12.0. The predicted octanol–water partition coefficient (Wildman–Crippen LogP) is 5.47. The number of aromatic nitrogens is 2. The number of benzene rings is 2. The molecule has 0 spiro atoms. The van der Waals surface area contributed by atoms with E-state index >= 15 is 0 Å². The van der Waals surface area contributed by atoms with Crippen LogP contribution in [-0.4, -0.2) is 16.3 Å². The van der Waals surface area contributed by atoms with Gasteiger partial charge in [-0.1, -0.05) is 46.9 Å². The fourth-order valence-corrected chi connectivity index (χ4v) is 3.33. The van der Waals surface area contributed by atoms with Gasteiger partial charge >= 0.3 is 0 Å². The molecule has 0 saturated heterocycles. The molecule has 1 N–H and O–H groups in total. The van der Waals surface area contributed by atoms with E-state index in [1.807, 2.05) is 41.1 Å². The average Bonchev–Trinajstić information content (AvgIpc) is 3.12. The van der Waals surface area contributed by atoms with Gasteiger partial charge in [0.15, 0.2) is 0 Å². The maximum atomic E-state index is 6.16. The summed E-state index contributed by atoms with van der Waals surface area (Å²) in [5, 5.41) is 9.93. The maximum Gasteiger partial charge on any atom is 0.133 e. The SMILES string of the molecule is Clc1cccc(-n2nc(-c3ccc(Cl)c(Cl)c3)c3c2NCC3)c1. The van der Waals surface area contributed by atoms with Crippen molar-refractivity contribution >= 4 is 40.6 Å². The van der Waals surface area contributed by atoms with E-state index in [0.29, 0.717) is 15.1 Å². The van der Waals surface area contributed by atoms with Crippen LogP contribution in [0.5, 0.6) is 0 Å². The van der Waals surface area contributed by atoms with E-state index in [4.69, 9.17) is 39.9 Å². The number of rotatable bonds is 2. The molecule has 4 rings (SSSR count). The van der Waals surface area contributed by atoms with Crippen LogP contribution in [0, 0.1) is 0 Å². The first-order chi connectivity index (χ1) is 11.1. The van der Waals surface area contributed by atoms with Crippen LogP contribution in [0.15, 0.2) is 42.5 Å². The molecule has 2 aromatic carbocycles. The molecule has 116 valence electrons. The monoisotopic (exact) mass is 363 g/mol. The fourth-order valence-electron chi connectivity index (χ4n) is 2.84. The average molecular weight is 365 g/mol. The lowest BCUT2D eigenvalue weighted by atomic mass is 10.1. The van der Waals surface area contributed by atoms with Crippen LogP contribution < -0.4 is 5.32 Å². The molecule has 1 aliphatic heterocycles. The Morgan fingerprint density at radius 3 is 2.65 bits per heavy atom. The van der Waals surface area contributed by atoms with Gasteiger partial charge in [-0.3, -0.25) is 0 Å². The highest BCUT2D eigenvalue weighted by Crippen LogP contribution is 2.36. The van der Waals surface area contributed by atoms with Crippen molar-refractivity contribution in [2.24, 2.45) is 0 Å².